The summed E-state index contributed by atoms with van der Waals surface area (Å²) >= 11 is 0. The SMILES string of the molecule is CCCCCCc1nc2cc(/C=C/C(=O)NO)ccn2c1NCCC(=O)NCCO. The summed E-state index contributed by atoms with van der Waals surface area (Å²) in [6.45, 7) is 2.80. The van der Waals surface area contributed by atoms with Crippen LogP contribution in [0.15, 0.2) is 24.4 Å². The molecule has 2 heterocycles. The van der Waals surface area contributed by atoms with Crippen molar-refractivity contribution in [2.45, 2.75) is 45.4 Å². The predicted octanol–water partition coefficient (Wildman–Crippen LogP) is 1.89. The number of hydrogen-bond donors (Lipinski definition) is 5. The number of hydroxylamine groups is 1. The number of fused-ring (bicyclic) bond motifs is 1. The van der Waals surface area contributed by atoms with Crippen LogP contribution in [0.4, 0.5) is 5.82 Å². The Balaban J connectivity index is 2.16. The molecule has 0 aromatic carbocycles. The second-order valence-electron chi connectivity index (χ2n) is 6.97. The highest BCUT2D eigenvalue weighted by atomic mass is 16.5. The van der Waals surface area contributed by atoms with Gasteiger partial charge in [-0.25, -0.2) is 10.5 Å². The number of imidazole rings is 1. The van der Waals surface area contributed by atoms with Crippen molar-refractivity contribution in [2.75, 3.05) is 25.0 Å². The highest BCUT2D eigenvalue weighted by Crippen LogP contribution is 2.22. The summed E-state index contributed by atoms with van der Waals surface area (Å²) in [7, 11) is 0. The van der Waals surface area contributed by atoms with E-state index in [1.54, 1.807) is 11.6 Å². The minimum Gasteiger partial charge on any atom is -0.395 e. The molecule has 0 saturated carbocycles. The van der Waals surface area contributed by atoms with Gasteiger partial charge in [0.05, 0.1) is 12.3 Å². The number of anilines is 1. The van der Waals surface area contributed by atoms with Gasteiger partial charge >= 0.3 is 0 Å². The molecule has 0 saturated heterocycles. The van der Waals surface area contributed by atoms with Gasteiger partial charge in [-0.1, -0.05) is 26.2 Å². The molecule has 9 heteroatoms. The molecule has 0 aliphatic rings. The Morgan fingerprint density at radius 1 is 1.23 bits per heavy atom. The summed E-state index contributed by atoms with van der Waals surface area (Å²) in [5.41, 5.74) is 4.02. The number of carbonyl (C=O) groups is 2. The van der Waals surface area contributed by atoms with Crippen LogP contribution in [-0.2, 0) is 16.0 Å². The summed E-state index contributed by atoms with van der Waals surface area (Å²) in [5.74, 6) is 0.140. The predicted molar refractivity (Wildman–Crippen MR) is 115 cm³/mol. The van der Waals surface area contributed by atoms with Gasteiger partial charge in [-0.05, 0) is 36.6 Å². The number of pyridine rings is 1. The van der Waals surface area contributed by atoms with Crippen LogP contribution in [-0.4, -0.2) is 51.2 Å². The average molecular weight is 418 g/mol. The number of hydrogen-bond acceptors (Lipinski definition) is 6. The average Bonchev–Trinajstić information content (AvgIpc) is 3.10. The van der Waals surface area contributed by atoms with E-state index < -0.39 is 5.91 Å². The zero-order valence-electron chi connectivity index (χ0n) is 17.4. The molecule has 0 spiro atoms. The number of nitrogens with one attached hydrogen (secondary N) is 3. The largest absolute Gasteiger partial charge is 0.395 e. The van der Waals surface area contributed by atoms with Crippen LogP contribution < -0.4 is 16.1 Å². The molecule has 2 aromatic heterocycles. The van der Waals surface area contributed by atoms with Crippen LogP contribution in [0.2, 0.25) is 0 Å². The number of amides is 2. The second kappa shape index (κ2) is 12.6. The summed E-state index contributed by atoms with van der Waals surface area (Å²) in [6.07, 6.45) is 10.3. The first kappa shape index (κ1) is 23.4. The van der Waals surface area contributed by atoms with Gasteiger partial charge in [0.25, 0.3) is 5.91 Å². The molecule has 9 nitrogen and oxygen atoms in total. The highest BCUT2D eigenvalue weighted by molar-refractivity contribution is 5.90. The Hall–Kier alpha value is -2.91. The molecule has 2 rings (SSSR count). The molecular formula is C21H31N5O4. The van der Waals surface area contributed by atoms with E-state index in [9.17, 15) is 9.59 Å². The normalized spacial score (nSPS) is 11.2. The molecule has 2 aromatic rings. The molecule has 0 bridgehead atoms. The van der Waals surface area contributed by atoms with E-state index in [-0.39, 0.29) is 19.1 Å². The summed E-state index contributed by atoms with van der Waals surface area (Å²) in [6, 6.07) is 3.70. The van der Waals surface area contributed by atoms with Gasteiger partial charge < -0.3 is 15.7 Å². The second-order valence-corrected chi connectivity index (χ2v) is 6.97. The first-order valence-corrected chi connectivity index (χ1v) is 10.3. The van der Waals surface area contributed by atoms with E-state index in [4.69, 9.17) is 15.3 Å². The Morgan fingerprint density at radius 2 is 2.07 bits per heavy atom. The van der Waals surface area contributed by atoms with Crippen molar-refractivity contribution < 1.29 is 19.9 Å². The van der Waals surface area contributed by atoms with Crippen molar-refractivity contribution in [2.24, 2.45) is 0 Å². The van der Waals surface area contributed by atoms with Gasteiger partial charge in [0, 0.05) is 31.8 Å². The van der Waals surface area contributed by atoms with E-state index in [1.807, 2.05) is 22.7 Å². The number of nitrogens with zero attached hydrogens (tertiary/aromatic N) is 2. The van der Waals surface area contributed by atoms with Crippen molar-refractivity contribution in [1.82, 2.24) is 20.2 Å². The summed E-state index contributed by atoms with van der Waals surface area (Å²) < 4.78 is 1.93. The number of aromatic nitrogens is 2. The number of unbranched alkanes of at least 4 members (excludes halogenated alkanes) is 3. The highest BCUT2D eigenvalue weighted by Gasteiger charge is 2.13. The van der Waals surface area contributed by atoms with Gasteiger partial charge in [-0.2, -0.15) is 0 Å². The Labute approximate surface area is 176 Å². The van der Waals surface area contributed by atoms with Gasteiger partial charge in [0.15, 0.2) is 0 Å². The van der Waals surface area contributed by atoms with Crippen LogP contribution in [0.1, 0.15) is 50.3 Å². The maximum absolute atomic E-state index is 11.8. The third-order valence-electron chi connectivity index (χ3n) is 4.61. The smallest absolute Gasteiger partial charge is 0.267 e. The standard InChI is InChI=1S/C21H31N5O4/c1-2-3-4-5-6-17-21(23-11-9-19(28)22-12-14-27)26-13-10-16(15-18(26)24-17)7-8-20(29)25-30/h7-8,10,13,15,23,27,30H,2-6,9,11-12,14H2,1H3,(H,22,28)(H,25,29)/b8-7+. The number of aliphatic hydroxyl groups excluding tert-OH is 1. The fourth-order valence-corrected chi connectivity index (χ4v) is 3.08. The lowest BCUT2D eigenvalue weighted by Crippen LogP contribution is -2.28. The molecule has 0 fully saturated rings. The first-order valence-electron chi connectivity index (χ1n) is 10.3. The van der Waals surface area contributed by atoms with E-state index in [0.717, 1.165) is 48.4 Å². The Kier molecular flexibility index (Phi) is 9.82. The molecule has 5 N–H and O–H groups in total. The van der Waals surface area contributed by atoms with Gasteiger partial charge in [-0.3, -0.25) is 19.2 Å². The van der Waals surface area contributed by atoms with Crippen molar-refractivity contribution in [3.8, 4) is 0 Å². The van der Waals surface area contributed by atoms with Crippen molar-refractivity contribution in [3.63, 3.8) is 0 Å². The van der Waals surface area contributed by atoms with E-state index in [2.05, 4.69) is 17.6 Å². The van der Waals surface area contributed by atoms with Gasteiger partial charge in [0.2, 0.25) is 5.91 Å². The number of rotatable bonds is 13. The lowest BCUT2D eigenvalue weighted by atomic mass is 10.1. The fraction of sp³-hybridized carbons (Fsp3) is 0.476. The van der Waals surface area contributed by atoms with Crippen LogP contribution >= 0.6 is 0 Å². The van der Waals surface area contributed by atoms with Crippen molar-refractivity contribution >= 4 is 29.4 Å². The molecule has 0 aliphatic heterocycles. The third-order valence-corrected chi connectivity index (χ3v) is 4.61. The molecule has 30 heavy (non-hydrogen) atoms. The number of carbonyl (C=O) groups excluding carboxylic acids is 2. The van der Waals surface area contributed by atoms with Gasteiger partial charge in [0.1, 0.15) is 11.5 Å². The van der Waals surface area contributed by atoms with Crippen molar-refractivity contribution in [1.29, 1.82) is 0 Å². The van der Waals surface area contributed by atoms with Crippen LogP contribution in [0.3, 0.4) is 0 Å². The van der Waals surface area contributed by atoms with E-state index in [0.29, 0.717) is 13.0 Å². The summed E-state index contributed by atoms with van der Waals surface area (Å²) in [5, 5.41) is 23.4. The van der Waals surface area contributed by atoms with Crippen molar-refractivity contribution in [3.05, 3.63) is 35.7 Å². The van der Waals surface area contributed by atoms with E-state index >= 15 is 0 Å². The Morgan fingerprint density at radius 3 is 2.80 bits per heavy atom. The Bertz CT molecular complexity index is 862. The van der Waals surface area contributed by atoms with Crippen LogP contribution in [0.25, 0.3) is 11.7 Å². The lowest BCUT2D eigenvalue weighted by molar-refractivity contribution is -0.124. The first-order chi connectivity index (χ1) is 14.6. The van der Waals surface area contributed by atoms with E-state index in [1.165, 1.54) is 12.5 Å². The number of aryl methyl sites for hydroxylation is 1. The zero-order valence-corrected chi connectivity index (χ0v) is 17.4. The number of aliphatic hydroxyl groups is 1. The van der Waals surface area contributed by atoms with Gasteiger partial charge in [-0.15, -0.1) is 0 Å². The molecule has 0 atom stereocenters. The zero-order chi connectivity index (χ0) is 21.8. The lowest BCUT2D eigenvalue weighted by Gasteiger charge is -2.09. The maximum Gasteiger partial charge on any atom is 0.267 e. The fourth-order valence-electron chi connectivity index (χ4n) is 3.08. The minimum atomic E-state index is -0.600. The molecule has 0 aliphatic carbocycles. The maximum atomic E-state index is 11.8. The molecule has 0 radical (unpaired) electrons. The summed E-state index contributed by atoms with van der Waals surface area (Å²) in [4.78, 5) is 27.7. The quantitative estimate of drug-likeness (QED) is 0.147. The minimum absolute atomic E-state index is 0.0783. The monoisotopic (exact) mass is 417 g/mol. The topological polar surface area (TPSA) is 128 Å². The molecule has 2 amide bonds. The molecular weight excluding hydrogens is 386 g/mol. The molecule has 164 valence electrons. The molecule has 0 unspecified atom stereocenters. The van der Waals surface area contributed by atoms with Crippen LogP contribution in [0.5, 0.6) is 0 Å². The third kappa shape index (κ3) is 7.16. The van der Waals surface area contributed by atoms with Crippen LogP contribution in [0, 0.1) is 0 Å².